The molecule has 0 aliphatic heterocycles. The number of aromatic nitrogens is 8. The molecule has 0 spiro atoms. The van der Waals surface area contributed by atoms with Crippen LogP contribution in [-0.2, 0) is 0 Å². The minimum Gasteiger partial charge on any atom is -0.354 e. The largest absolute Gasteiger partial charge is 0.354 e. The molecule has 8 nitrogen and oxygen atoms in total. The van der Waals surface area contributed by atoms with Crippen LogP contribution in [0, 0.1) is 0 Å². The normalized spacial score (nSPS) is 12.0. The van der Waals surface area contributed by atoms with E-state index >= 15 is 0 Å². The van der Waals surface area contributed by atoms with E-state index in [1.807, 2.05) is 66.7 Å². The van der Waals surface area contributed by atoms with Crippen molar-refractivity contribution in [1.29, 1.82) is 0 Å². The van der Waals surface area contributed by atoms with E-state index in [-0.39, 0.29) is 0 Å². The van der Waals surface area contributed by atoms with Crippen LogP contribution in [-0.4, -0.2) is 38.3 Å². The van der Waals surface area contributed by atoms with Crippen LogP contribution in [0.4, 0.5) is 0 Å². The maximum atomic E-state index is 6.36. The quantitative estimate of drug-likeness (QED) is 0.186. The van der Waals surface area contributed by atoms with Crippen LogP contribution in [0.15, 0.2) is 315 Å². The molecule has 0 saturated heterocycles. The summed E-state index contributed by atoms with van der Waals surface area (Å²) in [4.78, 5) is 24.0. The highest BCUT2D eigenvalue weighted by molar-refractivity contribution is 6.34. The number of fused-ring (bicyclic) bond motifs is 12. The minimum absolute atomic E-state index is 0.425. The summed E-state index contributed by atoms with van der Waals surface area (Å²) in [5, 5.41) is 15.8. The standard InChI is InChI=1S/C44H26N4.C24H14N2.C20H13ClN2/c1-3-13-27(14-4-1)29-18-10-22-34-42(29)46-41(28-15-5-2-6-16-28)44(45-34)48-36-24-11-19-31-33-21-9-20-32-30-17-7-8-23-35(30)47(43(32)33)37-25-12-26-38(48)40(37)39(31)36;1-2-12-20-14(6-1)16-8-3-9-17-15-7-4-10-18-22(15)23-19(25-18)11-5-13-21(23)26(20)24(16)17;21-20-18(15-10-5-2-6-11-15)23-19-16(12-7-13-17(19)22-20)14-8-3-1-4-9-14/h1-26H;1-13,25H;1-13H. The van der Waals surface area contributed by atoms with E-state index in [0.717, 1.165) is 78.0 Å². The van der Waals surface area contributed by atoms with E-state index < -0.39 is 0 Å². The Morgan fingerprint density at radius 2 is 0.629 bits per heavy atom. The SMILES string of the molecule is Clc1nc2cccc(-c3ccccc3)c2nc1-c1ccccc1.c1cc2[nH]c3cccc4c3c2c(c1)c1cccc2c3ccccc3n4c12.c1ccc(-c2nc3c(-c4ccccc4)cccc3nc2-n2c3cccc4c5cccc6c7ccccc7n(c7cccc2c7c43)c56)cc1. The molecule has 8 heterocycles. The molecular weight excluding hydrogens is 1200 g/mol. The maximum Gasteiger partial charge on any atom is 0.165 e. The summed E-state index contributed by atoms with van der Waals surface area (Å²) >= 11 is 6.36. The van der Waals surface area contributed by atoms with Crippen molar-refractivity contribution >= 4 is 153 Å². The van der Waals surface area contributed by atoms with Crippen molar-refractivity contribution in [2.45, 2.75) is 0 Å². The molecule has 0 bridgehead atoms. The summed E-state index contributed by atoms with van der Waals surface area (Å²) in [7, 11) is 0. The van der Waals surface area contributed by atoms with E-state index in [1.54, 1.807) is 0 Å². The monoisotopic (exact) mass is 1260 g/mol. The van der Waals surface area contributed by atoms with Gasteiger partial charge >= 0.3 is 0 Å². The fraction of sp³-hybridized carbons (Fsp3) is 0. The van der Waals surface area contributed by atoms with Gasteiger partial charge in [-0.1, -0.05) is 266 Å². The second-order valence-corrected chi connectivity index (χ2v) is 25.3. The van der Waals surface area contributed by atoms with Gasteiger partial charge in [-0.15, -0.1) is 0 Å². The van der Waals surface area contributed by atoms with Gasteiger partial charge in [0.05, 0.1) is 66.2 Å². The molecule has 0 atom stereocenters. The zero-order valence-corrected chi connectivity index (χ0v) is 52.8. The van der Waals surface area contributed by atoms with Crippen LogP contribution in [0.2, 0.25) is 5.15 Å². The minimum atomic E-state index is 0.425. The number of hydrogen-bond donors (Lipinski definition) is 1. The van der Waals surface area contributed by atoms with Crippen molar-refractivity contribution < 1.29 is 0 Å². The first-order chi connectivity index (χ1) is 48.1. The first kappa shape index (κ1) is 54.8. The first-order valence-electron chi connectivity index (χ1n) is 32.7. The Morgan fingerprint density at radius 3 is 1.21 bits per heavy atom. The summed E-state index contributed by atoms with van der Waals surface area (Å²) < 4.78 is 7.27. The highest BCUT2D eigenvalue weighted by Crippen LogP contribution is 2.47. The van der Waals surface area contributed by atoms with Crippen molar-refractivity contribution in [3.8, 4) is 50.6 Å². The summed E-state index contributed by atoms with van der Waals surface area (Å²) in [6.45, 7) is 0. The zero-order valence-electron chi connectivity index (χ0n) is 52.0. The molecule has 8 aromatic heterocycles. The highest BCUT2D eigenvalue weighted by atomic mass is 35.5. The van der Waals surface area contributed by atoms with Crippen LogP contribution >= 0.6 is 11.6 Å². The molecule has 0 aliphatic carbocycles. The topological polar surface area (TPSA) is 81.1 Å². The summed E-state index contributed by atoms with van der Waals surface area (Å²) in [5.74, 6) is 0.824. The Kier molecular flexibility index (Phi) is 12.2. The average molecular weight is 1260 g/mol. The molecule has 1 N–H and O–H groups in total. The Labute approximate surface area is 559 Å². The van der Waals surface area contributed by atoms with Gasteiger partial charge in [-0.05, 0) is 82.6 Å². The number of nitrogens with zero attached hydrogens (tertiary/aromatic N) is 7. The Hall–Kier alpha value is -12.8. The highest BCUT2D eigenvalue weighted by Gasteiger charge is 2.26. The van der Waals surface area contributed by atoms with E-state index in [9.17, 15) is 0 Å². The lowest BCUT2D eigenvalue weighted by molar-refractivity contribution is 1.08. The van der Waals surface area contributed by atoms with Crippen LogP contribution < -0.4 is 0 Å². The van der Waals surface area contributed by atoms with Crippen molar-refractivity contribution in [3.05, 3.63) is 321 Å². The summed E-state index contributed by atoms with van der Waals surface area (Å²) in [5.41, 5.74) is 23.5. The Morgan fingerprint density at radius 1 is 0.258 bits per heavy atom. The number of nitrogens with one attached hydrogen (secondary N) is 1. The molecule has 0 unspecified atom stereocenters. The second-order valence-electron chi connectivity index (χ2n) is 24.9. The number of hydrogen-bond acceptors (Lipinski definition) is 4. The predicted octanol–water partition coefficient (Wildman–Crippen LogP) is 23.3. The van der Waals surface area contributed by atoms with Gasteiger partial charge in [0.2, 0.25) is 0 Å². The molecule has 14 aromatic carbocycles. The van der Waals surface area contributed by atoms with Gasteiger partial charge in [0.15, 0.2) is 11.0 Å². The predicted molar refractivity (Wildman–Crippen MR) is 405 cm³/mol. The van der Waals surface area contributed by atoms with E-state index in [1.165, 1.54) is 109 Å². The lowest BCUT2D eigenvalue weighted by Gasteiger charge is -2.15. The lowest BCUT2D eigenvalue weighted by Crippen LogP contribution is -2.04. The van der Waals surface area contributed by atoms with Gasteiger partial charge in [0.25, 0.3) is 0 Å². The molecule has 0 aliphatic rings. The number of halogens is 1. The number of aromatic amines is 1. The van der Waals surface area contributed by atoms with Crippen molar-refractivity contribution in [1.82, 2.24) is 38.3 Å². The van der Waals surface area contributed by atoms with Crippen molar-refractivity contribution in [2.75, 3.05) is 0 Å². The third-order valence-corrected chi connectivity index (χ3v) is 19.9. The van der Waals surface area contributed by atoms with Crippen LogP contribution in [0.1, 0.15) is 0 Å². The smallest absolute Gasteiger partial charge is 0.165 e. The maximum absolute atomic E-state index is 6.36. The second kappa shape index (κ2) is 21.7. The lowest BCUT2D eigenvalue weighted by atomic mass is 10.0. The van der Waals surface area contributed by atoms with Gasteiger partial charge in [-0.3, -0.25) is 4.57 Å². The van der Waals surface area contributed by atoms with E-state index in [4.69, 9.17) is 26.6 Å². The zero-order chi connectivity index (χ0) is 63.8. The fourth-order valence-corrected chi connectivity index (χ4v) is 15.9. The molecule has 22 aromatic rings. The van der Waals surface area contributed by atoms with Gasteiger partial charge < -0.3 is 13.8 Å². The summed E-state index contributed by atoms with van der Waals surface area (Å²) in [6, 6.07) is 111. The Balaban J connectivity index is 0.000000110. The van der Waals surface area contributed by atoms with Gasteiger partial charge in [0, 0.05) is 87.1 Å². The molecule has 97 heavy (non-hydrogen) atoms. The molecule has 0 saturated carbocycles. The van der Waals surface area contributed by atoms with Crippen LogP contribution in [0.3, 0.4) is 0 Å². The first-order valence-corrected chi connectivity index (χ1v) is 33.1. The van der Waals surface area contributed by atoms with Crippen LogP contribution in [0.5, 0.6) is 0 Å². The van der Waals surface area contributed by atoms with Gasteiger partial charge in [-0.25, -0.2) is 19.9 Å². The molecule has 9 heteroatoms. The number of para-hydroxylation sites is 6. The molecule has 452 valence electrons. The van der Waals surface area contributed by atoms with Gasteiger partial charge in [0.1, 0.15) is 11.4 Å². The molecule has 0 fully saturated rings. The van der Waals surface area contributed by atoms with Crippen molar-refractivity contribution in [3.63, 3.8) is 0 Å². The fourth-order valence-electron chi connectivity index (χ4n) is 15.6. The molecule has 0 radical (unpaired) electrons. The molecular formula is C88H53ClN8. The van der Waals surface area contributed by atoms with E-state index in [2.05, 4.69) is 272 Å². The Bertz CT molecular complexity index is 6870. The summed E-state index contributed by atoms with van der Waals surface area (Å²) in [6.07, 6.45) is 0. The third-order valence-electron chi connectivity index (χ3n) is 19.7. The molecule has 0 amide bonds. The third kappa shape index (κ3) is 8.30. The number of rotatable bonds is 5. The van der Waals surface area contributed by atoms with Crippen molar-refractivity contribution in [2.24, 2.45) is 0 Å². The van der Waals surface area contributed by atoms with Gasteiger partial charge in [-0.2, -0.15) is 0 Å². The van der Waals surface area contributed by atoms with Crippen LogP contribution in [0.25, 0.3) is 192 Å². The van der Waals surface area contributed by atoms with E-state index in [0.29, 0.717) is 10.8 Å². The number of benzene rings is 14. The average Bonchev–Trinajstić information content (AvgIpc) is 1.54. The number of H-pyrrole nitrogens is 1. The molecule has 22 rings (SSSR count).